The fourth-order valence-corrected chi connectivity index (χ4v) is 2.37. The summed E-state index contributed by atoms with van der Waals surface area (Å²) in [5.41, 5.74) is 0. The van der Waals surface area contributed by atoms with Crippen LogP contribution in [0.15, 0.2) is 0 Å². The van der Waals surface area contributed by atoms with Gasteiger partial charge in [-0.25, -0.2) is 0 Å². The van der Waals surface area contributed by atoms with E-state index in [1.165, 1.54) is 19.3 Å². The molecule has 2 unspecified atom stereocenters. The number of ether oxygens (including phenoxy) is 2. The molecule has 0 aromatic carbocycles. The van der Waals surface area contributed by atoms with E-state index in [1.807, 2.05) is 0 Å². The molecule has 18 heavy (non-hydrogen) atoms. The molecule has 1 fully saturated rings. The van der Waals surface area contributed by atoms with Gasteiger partial charge in [0.1, 0.15) is 0 Å². The first-order valence-corrected chi connectivity index (χ1v) is 7.34. The van der Waals surface area contributed by atoms with Gasteiger partial charge >= 0.3 is 0 Å². The Balaban J connectivity index is 2.09. The lowest BCUT2D eigenvalue weighted by atomic mass is 10.1. The van der Waals surface area contributed by atoms with Crippen molar-refractivity contribution in [2.24, 2.45) is 0 Å². The topological polar surface area (TPSA) is 58.9 Å². The van der Waals surface area contributed by atoms with Crippen LogP contribution in [0.4, 0.5) is 0 Å². The molecule has 4 heteroatoms. The molecule has 0 aromatic rings. The van der Waals surface area contributed by atoms with E-state index in [4.69, 9.17) is 14.6 Å². The van der Waals surface area contributed by atoms with Gasteiger partial charge in [0.2, 0.25) is 0 Å². The molecule has 0 bridgehead atoms. The lowest BCUT2D eigenvalue weighted by Gasteiger charge is -2.21. The maximum Gasteiger partial charge on any atom is 0.155 e. The summed E-state index contributed by atoms with van der Waals surface area (Å²) in [5, 5.41) is 18.7. The van der Waals surface area contributed by atoms with E-state index < -0.39 is 6.29 Å². The standard InChI is InChI=1S/C14H28O4/c1-2-3-4-5-6-7-14(16)18-13-9-11-17-12(13)8-10-15/h12-16H,2-11H2,1H3/t12-,13?,14?/m1/s1. The van der Waals surface area contributed by atoms with Crippen molar-refractivity contribution in [3.63, 3.8) is 0 Å². The molecule has 0 amide bonds. The number of aliphatic hydroxyl groups excluding tert-OH is 2. The quantitative estimate of drug-likeness (QED) is 0.467. The molecule has 1 aliphatic rings. The first kappa shape index (κ1) is 15.9. The van der Waals surface area contributed by atoms with Crippen molar-refractivity contribution >= 4 is 0 Å². The molecule has 108 valence electrons. The van der Waals surface area contributed by atoms with Gasteiger partial charge in [-0.1, -0.05) is 32.6 Å². The Morgan fingerprint density at radius 2 is 2.06 bits per heavy atom. The molecule has 3 atom stereocenters. The highest BCUT2D eigenvalue weighted by atomic mass is 16.6. The zero-order valence-electron chi connectivity index (χ0n) is 11.5. The predicted molar refractivity (Wildman–Crippen MR) is 70.3 cm³/mol. The van der Waals surface area contributed by atoms with Gasteiger partial charge < -0.3 is 19.7 Å². The number of rotatable bonds is 10. The molecule has 1 aliphatic heterocycles. The maximum absolute atomic E-state index is 9.81. The van der Waals surface area contributed by atoms with Gasteiger partial charge in [0.25, 0.3) is 0 Å². The third kappa shape index (κ3) is 6.14. The van der Waals surface area contributed by atoms with Gasteiger partial charge in [0.15, 0.2) is 6.29 Å². The molecule has 0 aliphatic carbocycles. The second-order valence-corrected chi connectivity index (χ2v) is 5.04. The van der Waals surface area contributed by atoms with Crippen molar-refractivity contribution in [2.45, 2.75) is 76.8 Å². The summed E-state index contributed by atoms with van der Waals surface area (Å²) in [6.45, 7) is 2.97. The minimum atomic E-state index is -0.681. The van der Waals surface area contributed by atoms with Gasteiger partial charge in [-0.3, -0.25) is 0 Å². The Morgan fingerprint density at radius 3 is 2.78 bits per heavy atom. The van der Waals surface area contributed by atoms with E-state index >= 15 is 0 Å². The van der Waals surface area contributed by atoms with Crippen molar-refractivity contribution < 1.29 is 19.7 Å². The molecule has 4 nitrogen and oxygen atoms in total. The highest BCUT2D eigenvalue weighted by Gasteiger charge is 2.30. The highest BCUT2D eigenvalue weighted by molar-refractivity contribution is 4.77. The first-order valence-electron chi connectivity index (χ1n) is 7.34. The number of hydrogen-bond donors (Lipinski definition) is 2. The van der Waals surface area contributed by atoms with Crippen molar-refractivity contribution in [2.75, 3.05) is 13.2 Å². The van der Waals surface area contributed by atoms with Gasteiger partial charge in [-0.15, -0.1) is 0 Å². The minimum Gasteiger partial charge on any atom is -0.396 e. The van der Waals surface area contributed by atoms with E-state index in [0.717, 1.165) is 19.3 Å². The fourth-order valence-electron chi connectivity index (χ4n) is 2.37. The summed E-state index contributed by atoms with van der Waals surface area (Å²) in [6.07, 6.45) is 7.25. The van der Waals surface area contributed by atoms with Gasteiger partial charge in [-0.05, 0) is 25.7 Å². The molecular formula is C14H28O4. The van der Waals surface area contributed by atoms with Crippen LogP contribution in [0.2, 0.25) is 0 Å². The van der Waals surface area contributed by atoms with Crippen LogP contribution in [0.25, 0.3) is 0 Å². The second kappa shape index (κ2) is 9.73. The fraction of sp³-hybridized carbons (Fsp3) is 1.00. The average Bonchev–Trinajstić information content (AvgIpc) is 2.77. The van der Waals surface area contributed by atoms with Crippen LogP contribution in [0, 0.1) is 0 Å². The van der Waals surface area contributed by atoms with Crippen molar-refractivity contribution in [1.82, 2.24) is 0 Å². The van der Waals surface area contributed by atoms with Crippen molar-refractivity contribution in [1.29, 1.82) is 0 Å². The summed E-state index contributed by atoms with van der Waals surface area (Å²) in [6, 6.07) is 0. The van der Waals surface area contributed by atoms with Crippen LogP contribution < -0.4 is 0 Å². The predicted octanol–water partition coefficient (Wildman–Crippen LogP) is 2.22. The lowest BCUT2D eigenvalue weighted by molar-refractivity contribution is -0.155. The van der Waals surface area contributed by atoms with Crippen molar-refractivity contribution in [3.8, 4) is 0 Å². The molecule has 2 N–H and O–H groups in total. The van der Waals surface area contributed by atoms with Crippen LogP contribution in [0.5, 0.6) is 0 Å². The van der Waals surface area contributed by atoms with E-state index in [2.05, 4.69) is 6.92 Å². The molecule has 0 radical (unpaired) electrons. The van der Waals surface area contributed by atoms with Crippen LogP contribution in [0.3, 0.4) is 0 Å². The normalized spacial score (nSPS) is 25.5. The summed E-state index contributed by atoms with van der Waals surface area (Å²) in [4.78, 5) is 0. The van der Waals surface area contributed by atoms with E-state index in [1.54, 1.807) is 0 Å². The molecular weight excluding hydrogens is 232 g/mol. The van der Waals surface area contributed by atoms with Crippen molar-refractivity contribution in [3.05, 3.63) is 0 Å². The smallest absolute Gasteiger partial charge is 0.155 e. The molecule has 0 saturated carbocycles. The lowest BCUT2D eigenvalue weighted by Crippen LogP contribution is -2.30. The first-order chi connectivity index (χ1) is 8.77. The Hall–Kier alpha value is -0.160. The molecule has 0 spiro atoms. The zero-order chi connectivity index (χ0) is 13.2. The largest absolute Gasteiger partial charge is 0.396 e. The average molecular weight is 260 g/mol. The number of aliphatic hydroxyl groups is 2. The Labute approximate surface area is 110 Å². The maximum atomic E-state index is 9.81. The SMILES string of the molecule is CCCCCCCC(O)OC1CCO[C@@H]1CCO. The summed E-state index contributed by atoms with van der Waals surface area (Å²) in [5.74, 6) is 0. The molecule has 0 aromatic heterocycles. The van der Waals surface area contributed by atoms with Crippen LogP contribution >= 0.6 is 0 Å². The Kier molecular flexibility index (Phi) is 8.59. The minimum absolute atomic E-state index is 0.0512. The van der Waals surface area contributed by atoms with Gasteiger partial charge in [0.05, 0.1) is 12.2 Å². The summed E-state index contributed by atoms with van der Waals surface area (Å²) in [7, 11) is 0. The molecule has 1 saturated heterocycles. The summed E-state index contributed by atoms with van der Waals surface area (Å²) >= 11 is 0. The van der Waals surface area contributed by atoms with Gasteiger partial charge in [0, 0.05) is 13.2 Å². The third-order valence-electron chi connectivity index (χ3n) is 3.45. The molecule has 1 rings (SSSR count). The van der Waals surface area contributed by atoms with E-state index in [0.29, 0.717) is 19.4 Å². The number of hydrogen-bond acceptors (Lipinski definition) is 4. The zero-order valence-corrected chi connectivity index (χ0v) is 11.5. The van der Waals surface area contributed by atoms with Gasteiger partial charge in [-0.2, -0.15) is 0 Å². The van der Waals surface area contributed by atoms with E-state index in [9.17, 15) is 5.11 Å². The molecule has 1 heterocycles. The summed E-state index contributed by atoms with van der Waals surface area (Å²) < 4.78 is 11.1. The van der Waals surface area contributed by atoms with Crippen LogP contribution in [-0.4, -0.2) is 41.9 Å². The third-order valence-corrected chi connectivity index (χ3v) is 3.45. The Bertz CT molecular complexity index is 198. The van der Waals surface area contributed by atoms with E-state index in [-0.39, 0.29) is 18.8 Å². The van der Waals surface area contributed by atoms with Crippen LogP contribution in [0.1, 0.15) is 58.3 Å². The monoisotopic (exact) mass is 260 g/mol. The van der Waals surface area contributed by atoms with Crippen LogP contribution in [-0.2, 0) is 9.47 Å². The number of unbranched alkanes of at least 4 members (excludes halogenated alkanes) is 4. The highest BCUT2D eigenvalue weighted by Crippen LogP contribution is 2.22. The second-order valence-electron chi connectivity index (χ2n) is 5.04. The Morgan fingerprint density at radius 1 is 1.28 bits per heavy atom.